The molecule has 2 aliphatic rings. The Morgan fingerprint density at radius 2 is 2.00 bits per heavy atom. The molecule has 0 saturated carbocycles. The number of carbonyl (C=O) groups is 1. The van der Waals surface area contributed by atoms with Crippen molar-refractivity contribution >= 4 is 17.4 Å². The lowest BCUT2D eigenvalue weighted by Crippen LogP contribution is -2.45. The molecule has 0 aromatic carbocycles. The van der Waals surface area contributed by atoms with Crippen molar-refractivity contribution < 1.29 is 13.6 Å². The number of amides is 1. The van der Waals surface area contributed by atoms with Gasteiger partial charge in [-0.15, -0.1) is 5.10 Å². The maximum atomic E-state index is 15.0. The van der Waals surface area contributed by atoms with E-state index >= 15 is 4.39 Å². The standard InChI is InChI=1S/C19H25F2N7O/c20-15-4-10-28(25-15)18-17(21)14(12-16(22)24-18)27-8-2-13(3-9-27)19(29)23-5-11-26-6-1-7-26/h4,10,12-13H,1-3,5-9,11H2,(H2,22,24)(H,23,29). The zero-order valence-corrected chi connectivity index (χ0v) is 16.2. The number of aromatic nitrogens is 3. The lowest BCUT2D eigenvalue weighted by molar-refractivity contribution is -0.125. The summed E-state index contributed by atoms with van der Waals surface area (Å²) in [6.45, 7) is 4.83. The molecule has 0 atom stereocenters. The van der Waals surface area contributed by atoms with Gasteiger partial charge in [0.05, 0.1) is 5.69 Å². The van der Waals surface area contributed by atoms with Gasteiger partial charge in [0.2, 0.25) is 11.9 Å². The smallest absolute Gasteiger partial charge is 0.233 e. The average molecular weight is 405 g/mol. The van der Waals surface area contributed by atoms with E-state index in [0.717, 1.165) is 30.4 Å². The van der Waals surface area contributed by atoms with Gasteiger partial charge in [-0.1, -0.05) is 0 Å². The van der Waals surface area contributed by atoms with Crippen LogP contribution in [-0.4, -0.2) is 64.8 Å². The van der Waals surface area contributed by atoms with Crippen LogP contribution < -0.4 is 16.0 Å². The molecule has 4 heterocycles. The number of piperidine rings is 1. The maximum Gasteiger partial charge on any atom is 0.233 e. The molecule has 0 aliphatic carbocycles. The fourth-order valence-electron chi connectivity index (χ4n) is 3.79. The number of pyridine rings is 1. The zero-order chi connectivity index (χ0) is 20.4. The summed E-state index contributed by atoms with van der Waals surface area (Å²) >= 11 is 0. The molecule has 0 unspecified atom stereocenters. The van der Waals surface area contributed by atoms with Gasteiger partial charge < -0.3 is 20.9 Å². The van der Waals surface area contributed by atoms with Gasteiger partial charge in [0.1, 0.15) is 5.82 Å². The summed E-state index contributed by atoms with van der Waals surface area (Å²) in [4.78, 5) is 20.5. The van der Waals surface area contributed by atoms with Crippen LogP contribution in [0.2, 0.25) is 0 Å². The van der Waals surface area contributed by atoms with Gasteiger partial charge in [0.15, 0.2) is 11.6 Å². The highest BCUT2D eigenvalue weighted by Crippen LogP contribution is 2.29. The molecule has 2 aliphatic heterocycles. The highest BCUT2D eigenvalue weighted by molar-refractivity contribution is 5.79. The first-order valence-electron chi connectivity index (χ1n) is 9.94. The number of halogens is 2. The monoisotopic (exact) mass is 405 g/mol. The SMILES string of the molecule is Nc1cc(N2CCC(C(=O)NCCN3CCC3)CC2)c(F)c(-n2ccc(F)n2)n1. The summed E-state index contributed by atoms with van der Waals surface area (Å²) < 4.78 is 29.3. The van der Waals surface area contributed by atoms with Gasteiger partial charge in [-0.3, -0.25) is 4.79 Å². The molecule has 2 aromatic heterocycles. The molecular formula is C19H25F2N7O. The fourth-order valence-corrected chi connectivity index (χ4v) is 3.79. The molecule has 8 nitrogen and oxygen atoms in total. The van der Waals surface area contributed by atoms with Crippen molar-refractivity contribution in [2.24, 2.45) is 5.92 Å². The molecule has 2 saturated heterocycles. The van der Waals surface area contributed by atoms with Crippen LogP contribution in [0.25, 0.3) is 5.82 Å². The van der Waals surface area contributed by atoms with Gasteiger partial charge in [-0.25, -0.2) is 14.1 Å². The lowest BCUT2D eigenvalue weighted by atomic mass is 9.95. The zero-order valence-electron chi connectivity index (χ0n) is 16.2. The third-order valence-corrected chi connectivity index (χ3v) is 5.60. The van der Waals surface area contributed by atoms with Crippen LogP contribution >= 0.6 is 0 Å². The third kappa shape index (κ3) is 4.31. The van der Waals surface area contributed by atoms with E-state index in [2.05, 4.69) is 20.3 Å². The summed E-state index contributed by atoms with van der Waals surface area (Å²) in [6, 6.07) is 2.59. The number of nitrogens with zero attached hydrogens (tertiary/aromatic N) is 5. The average Bonchev–Trinajstić information content (AvgIpc) is 3.11. The van der Waals surface area contributed by atoms with Crippen LogP contribution in [0.3, 0.4) is 0 Å². The van der Waals surface area contributed by atoms with Crippen molar-refractivity contribution in [2.75, 3.05) is 49.9 Å². The number of nitrogens with one attached hydrogen (secondary N) is 1. The van der Waals surface area contributed by atoms with E-state index in [4.69, 9.17) is 5.73 Å². The second-order valence-electron chi connectivity index (χ2n) is 7.53. The van der Waals surface area contributed by atoms with Crippen LogP contribution in [0.5, 0.6) is 0 Å². The van der Waals surface area contributed by atoms with E-state index in [1.165, 1.54) is 18.7 Å². The summed E-state index contributed by atoms with van der Waals surface area (Å²) in [5, 5.41) is 6.58. The summed E-state index contributed by atoms with van der Waals surface area (Å²) in [5.41, 5.74) is 6.13. The Morgan fingerprint density at radius 1 is 1.24 bits per heavy atom. The number of hydrogen-bond acceptors (Lipinski definition) is 6. The first-order chi connectivity index (χ1) is 14.0. The molecule has 10 heteroatoms. The van der Waals surface area contributed by atoms with Crippen LogP contribution in [0.1, 0.15) is 19.3 Å². The first kappa shape index (κ1) is 19.6. The molecule has 4 rings (SSSR count). The second kappa shape index (κ2) is 8.32. The molecule has 0 radical (unpaired) electrons. The number of rotatable bonds is 6. The second-order valence-corrected chi connectivity index (χ2v) is 7.53. The fraction of sp³-hybridized carbons (Fsp3) is 0.526. The summed E-state index contributed by atoms with van der Waals surface area (Å²) in [6.07, 6.45) is 3.78. The maximum absolute atomic E-state index is 15.0. The Hall–Kier alpha value is -2.75. The summed E-state index contributed by atoms with van der Waals surface area (Å²) in [5.74, 6) is -1.37. The molecule has 29 heavy (non-hydrogen) atoms. The van der Waals surface area contributed by atoms with Crippen molar-refractivity contribution in [2.45, 2.75) is 19.3 Å². The van der Waals surface area contributed by atoms with E-state index in [-0.39, 0.29) is 23.5 Å². The highest BCUT2D eigenvalue weighted by atomic mass is 19.1. The van der Waals surface area contributed by atoms with Crippen molar-refractivity contribution in [1.29, 1.82) is 0 Å². The Kier molecular flexibility index (Phi) is 5.61. The number of nitrogen functional groups attached to an aromatic ring is 1. The highest BCUT2D eigenvalue weighted by Gasteiger charge is 2.28. The van der Waals surface area contributed by atoms with Crippen LogP contribution in [0, 0.1) is 17.7 Å². The largest absolute Gasteiger partial charge is 0.384 e. The van der Waals surface area contributed by atoms with Gasteiger partial charge in [-0.2, -0.15) is 4.39 Å². The molecule has 3 N–H and O–H groups in total. The van der Waals surface area contributed by atoms with E-state index in [1.54, 1.807) is 0 Å². The minimum atomic E-state index is -0.726. The van der Waals surface area contributed by atoms with Crippen molar-refractivity contribution in [1.82, 2.24) is 25.0 Å². The van der Waals surface area contributed by atoms with Crippen LogP contribution in [0.4, 0.5) is 20.3 Å². The quantitative estimate of drug-likeness (QED) is 0.750. The predicted octanol–water partition coefficient (Wildman–Crippen LogP) is 1.17. The molecule has 156 valence electrons. The van der Waals surface area contributed by atoms with E-state index in [0.29, 0.717) is 38.2 Å². The third-order valence-electron chi connectivity index (χ3n) is 5.60. The van der Waals surface area contributed by atoms with Gasteiger partial charge in [0, 0.05) is 50.4 Å². The number of carbonyl (C=O) groups excluding carboxylic acids is 1. The van der Waals surface area contributed by atoms with Crippen molar-refractivity contribution in [3.8, 4) is 5.82 Å². The number of hydrogen-bond donors (Lipinski definition) is 2. The van der Waals surface area contributed by atoms with Gasteiger partial charge >= 0.3 is 0 Å². The molecule has 0 bridgehead atoms. The first-order valence-corrected chi connectivity index (χ1v) is 9.94. The van der Waals surface area contributed by atoms with E-state index in [9.17, 15) is 9.18 Å². The van der Waals surface area contributed by atoms with E-state index in [1.807, 2.05) is 4.90 Å². The molecular weight excluding hydrogens is 380 g/mol. The van der Waals surface area contributed by atoms with Gasteiger partial charge in [-0.05, 0) is 32.4 Å². The van der Waals surface area contributed by atoms with E-state index < -0.39 is 11.8 Å². The molecule has 2 aromatic rings. The van der Waals surface area contributed by atoms with Crippen LogP contribution in [-0.2, 0) is 4.79 Å². The Bertz CT molecular complexity index is 875. The summed E-state index contributed by atoms with van der Waals surface area (Å²) in [7, 11) is 0. The minimum absolute atomic E-state index is 0.0626. The number of nitrogens with two attached hydrogens (primary N) is 1. The molecule has 0 spiro atoms. The minimum Gasteiger partial charge on any atom is -0.384 e. The predicted molar refractivity (Wildman–Crippen MR) is 105 cm³/mol. The molecule has 2 fully saturated rings. The lowest BCUT2D eigenvalue weighted by Gasteiger charge is -2.34. The van der Waals surface area contributed by atoms with Crippen molar-refractivity contribution in [3.05, 3.63) is 30.1 Å². The Balaban J connectivity index is 1.38. The van der Waals surface area contributed by atoms with Gasteiger partial charge in [0.25, 0.3) is 0 Å². The Morgan fingerprint density at radius 3 is 2.62 bits per heavy atom. The topological polar surface area (TPSA) is 92.3 Å². The van der Waals surface area contributed by atoms with Crippen molar-refractivity contribution in [3.63, 3.8) is 0 Å². The molecule has 1 amide bonds. The number of anilines is 2. The number of likely N-dealkylation sites (tertiary alicyclic amines) is 1. The normalized spacial score (nSPS) is 17.9. The Labute approximate surface area is 167 Å². The van der Waals surface area contributed by atoms with Crippen LogP contribution in [0.15, 0.2) is 18.3 Å².